The van der Waals surface area contributed by atoms with Crippen molar-refractivity contribution in [2.45, 2.75) is 19.4 Å². The number of nitrogens with two attached hydrogens (primary N) is 1. The molecule has 0 aromatic carbocycles. The maximum atomic E-state index is 10.4. The van der Waals surface area contributed by atoms with Crippen LogP contribution >= 0.6 is 0 Å². The predicted molar refractivity (Wildman–Crippen MR) is 42.2 cm³/mol. The molecule has 0 fully saturated rings. The van der Waals surface area contributed by atoms with Gasteiger partial charge in [-0.3, -0.25) is 4.79 Å². The molecular formula is C7H10N2O4. The van der Waals surface area contributed by atoms with Gasteiger partial charge in [0.25, 0.3) is 5.88 Å². The van der Waals surface area contributed by atoms with Crippen LogP contribution in [0.25, 0.3) is 0 Å². The third kappa shape index (κ3) is 1.97. The Labute approximate surface area is 73.9 Å². The predicted octanol–water partition coefficient (Wildman–Crippen LogP) is -0.357. The largest absolute Gasteiger partial charge is 0.491 e. The van der Waals surface area contributed by atoms with Crippen LogP contribution in [0.4, 0.5) is 0 Å². The third-order valence-corrected chi connectivity index (χ3v) is 1.71. The van der Waals surface area contributed by atoms with Gasteiger partial charge in [-0.05, 0) is 12.1 Å². The maximum Gasteiger partial charge on any atom is 0.320 e. The standard InChI is InChI=1S/C7H10N2O4/c1-3-4(6(10)9-13-3)2-5(8)7(11)12/h5H,2,8H2,1H3,(H,9,10)(H,11,12)/t5-/m1/s1. The van der Waals surface area contributed by atoms with Gasteiger partial charge in [0, 0.05) is 6.42 Å². The first kappa shape index (κ1) is 9.53. The van der Waals surface area contributed by atoms with Crippen LogP contribution in [0.3, 0.4) is 0 Å². The third-order valence-electron chi connectivity index (χ3n) is 1.71. The molecule has 0 spiro atoms. The molecule has 6 heteroatoms. The average Bonchev–Trinajstić information content (AvgIpc) is 2.35. The maximum absolute atomic E-state index is 10.4. The second-order valence-corrected chi connectivity index (χ2v) is 2.69. The molecule has 6 nitrogen and oxygen atoms in total. The van der Waals surface area contributed by atoms with E-state index >= 15 is 0 Å². The lowest BCUT2D eigenvalue weighted by molar-refractivity contribution is -0.138. The summed E-state index contributed by atoms with van der Waals surface area (Å²) in [5, 5.41) is 20.9. The van der Waals surface area contributed by atoms with Crippen LogP contribution < -0.4 is 5.73 Å². The number of aromatic nitrogens is 1. The number of carboxylic acid groups (broad SMARTS) is 1. The van der Waals surface area contributed by atoms with Gasteiger partial charge in [-0.2, -0.15) is 0 Å². The second kappa shape index (κ2) is 3.44. The molecule has 0 aliphatic heterocycles. The molecule has 1 heterocycles. The molecule has 72 valence electrons. The van der Waals surface area contributed by atoms with Gasteiger partial charge in [0.05, 0.1) is 5.56 Å². The lowest BCUT2D eigenvalue weighted by Crippen LogP contribution is -2.32. The topological polar surface area (TPSA) is 110 Å². The number of carbonyl (C=O) groups is 1. The van der Waals surface area contributed by atoms with Crippen molar-refractivity contribution < 1.29 is 19.5 Å². The molecule has 1 aromatic rings. The van der Waals surface area contributed by atoms with Crippen LogP contribution in [0.2, 0.25) is 0 Å². The highest BCUT2D eigenvalue weighted by molar-refractivity contribution is 5.73. The van der Waals surface area contributed by atoms with Crippen LogP contribution in [-0.4, -0.2) is 27.4 Å². The van der Waals surface area contributed by atoms with Crippen molar-refractivity contribution in [3.63, 3.8) is 0 Å². The lowest BCUT2D eigenvalue weighted by atomic mass is 10.1. The second-order valence-electron chi connectivity index (χ2n) is 2.69. The van der Waals surface area contributed by atoms with Gasteiger partial charge in [0.1, 0.15) is 11.8 Å². The highest BCUT2D eigenvalue weighted by atomic mass is 16.5. The Morgan fingerprint density at radius 1 is 1.77 bits per heavy atom. The monoisotopic (exact) mass is 186 g/mol. The normalized spacial score (nSPS) is 12.8. The quantitative estimate of drug-likeness (QED) is 0.594. The van der Waals surface area contributed by atoms with Gasteiger partial charge >= 0.3 is 5.97 Å². The van der Waals surface area contributed by atoms with E-state index in [-0.39, 0.29) is 12.3 Å². The minimum Gasteiger partial charge on any atom is -0.491 e. The molecule has 0 aliphatic rings. The zero-order valence-corrected chi connectivity index (χ0v) is 7.02. The number of nitrogens with zero attached hydrogens (tertiary/aromatic N) is 1. The van der Waals surface area contributed by atoms with Crippen molar-refractivity contribution in [2.24, 2.45) is 5.73 Å². The average molecular weight is 186 g/mol. The van der Waals surface area contributed by atoms with E-state index < -0.39 is 12.0 Å². The number of rotatable bonds is 3. The highest BCUT2D eigenvalue weighted by Gasteiger charge is 2.19. The van der Waals surface area contributed by atoms with Crippen molar-refractivity contribution in [1.29, 1.82) is 0 Å². The van der Waals surface area contributed by atoms with E-state index in [9.17, 15) is 4.79 Å². The first-order chi connectivity index (χ1) is 6.02. The molecule has 0 amide bonds. The zero-order chi connectivity index (χ0) is 10.0. The summed E-state index contributed by atoms with van der Waals surface area (Å²) >= 11 is 0. The summed E-state index contributed by atoms with van der Waals surface area (Å²) in [6, 6.07) is -1.05. The minimum absolute atomic E-state index is 0.0104. The first-order valence-electron chi connectivity index (χ1n) is 3.65. The molecule has 0 saturated heterocycles. The van der Waals surface area contributed by atoms with E-state index in [1.165, 1.54) is 0 Å². The lowest BCUT2D eigenvalue weighted by Gasteiger charge is -2.03. The molecular weight excluding hydrogens is 176 g/mol. The Hall–Kier alpha value is -1.56. The fraction of sp³-hybridized carbons (Fsp3) is 0.429. The van der Waals surface area contributed by atoms with Gasteiger partial charge in [-0.25, -0.2) is 0 Å². The summed E-state index contributed by atoms with van der Waals surface area (Å²) in [5.41, 5.74) is 5.61. The first-order valence-corrected chi connectivity index (χ1v) is 3.65. The van der Waals surface area contributed by atoms with Gasteiger partial charge in [-0.1, -0.05) is 0 Å². The summed E-state index contributed by atoms with van der Waals surface area (Å²) in [6.45, 7) is 1.58. The molecule has 0 bridgehead atoms. The van der Waals surface area contributed by atoms with Crippen molar-refractivity contribution >= 4 is 5.97 Å². The van der Waals surface area contributed by atoms with Gasteiger partial charge in [0.2, 0.25) is 0 Å². The molecule has 1 aromatic heterocycles. The number of aromatic hydroxyl groups is 1. The number of carboxylic acids is 1. The van der Waals surface area contributed by atoms with E-state index in [0.29, 0.717) is 11.3 Å². The Morgan fingerprint density at radius 3 is 2.77 bits per heavy atom. The van der Waals surface area contributed by atoms with Gasteiger partial charge in [0.15, 0.2) is 0 Å². The van der Waals surface area contributed by atoms with E-state index in [2.05, 4.69) is 9.68 Å². The van der Waals surface area contributed by atoms with Crippen molar-refractivity contribution in [3.05, 3.63) is 11.3 Å². The zero-order valence-electron chi connectivity index (χ0n) is 7.02. The molecule has 1 rings (SSSR count). The Kier molecular flexibility index (Phi) is 2.52. The Balaban J connectivity index is 2.79. The molecule has 13 heavy (non-hydrogen) atoms. The molecule has 0 saturated carbocycles. The number of hydrogen-bond acceptors (Lipinski definition) is 5. The summed E-state index contributed by atoms with van der Waals surface area (Å²) < 4.78 is 4.63. The van der Waals surface area contributed by atoms with Crippen molar-refractivity contribution in [2.75, 3.05) is 0 Å². The molecule has 1 atom stereocenters. The van der Waals surface area contributed by atoms with Crippen LogP contribution in [0.15, 0.2) is 4.52 Å². The van der Waals surface area contributed by atoms with E-state index in [1.54, 1.807) is 6.92 Å². The Bertz CT molecular complexity index is 301. The SMILES string of the molecule is Cc1onc(O)c1C[C@@H](N)C(=O)O. The van der Waals surface area contributed by atoms with Gasteiger partial charge in [-0.15, -0.1) is 0 Å². The molecule has 0 aliphatic carbocycles. The van der Waals surface area contributed by atoms with Crippen LogP contribution in [-0.2, 0) is 11.2 Å². The Morgan fingerprint density at radius 2 is 2.38 bits per heavy atom. The van der Waals surface area contributed by atoms with Crippen molar-refractivity contribution in [3.8, 4) is 5.88 Å². The smallest absolute Gasteiger partial charge is 0.320 e. The summed E-state index contributed by atoms with van der Waals surface area (Å²) in [5.74, 6) is -1.04. The number of aliphatic carboxylic acids is 1. The van der Waals surface area contributed by atoms with Crippen LogP contribution in [0.1, 0.15) is 11.3 Å². The highest BCUT2D eigenvalue weighted by Crippen LogP contribution is 2.20. The summed E-state index contributed by atoms with van der Waals surface area (Å²) in [7, 11) is 0. The van der Waals surface area contributed by atoms with E-state index in [0.717, 1.165) is 0 Å². The van der Waals surface area contributed by atoms with Crippen LogP contribution in [0, 0.1) is 6.92 Å². The van der Waals surface area contributed by atoms with Gasteiger partial charge < -0.3 is 20.5 Å². The molecule has 4 N–H and O–H groups in total. The van der Waals surface area contributed by atoms with Crippen LogP contribution in [0.5, 0.6) is 5.88 Å². The minimum atomic E-state index is -1.12. The molecule has 0 unspecified atom stereocenters. The fourth-order valence-corrected chi connectivity index (χ4v) is 0.922. The summed E-state index contributed by atoms with van der Waals surface area (Å²) in [6.07, 6.45) is 0.0104. The molecule has 0 radical (unpaired) electrons. The fourth-order valence-electron chi connectivity index (χ4n) is 0.922. The number of hydrogen-bond donors (Lipinski definition) is 3. The van der Waals surface area contributed by atoms with E-state index in [4.69, 9.17) is 15.9 Å². The summed E-state index contributed by atoms with van der Waals surface area (Å²) in [4.78, 5) is 10.4. The van der Waals surface area contributed by atoms with Crippen molar-refractivity contribution in [1.82, 2.24) is 5.16 Å². The van der Waals surface area contributed by atoms with E-state index in [1.807, 2.05) is 0 Å². The number of aryl methyl sites for hydroxylation is 1.